The van der Waals surface area contributed by atoms with E-state index in [1.165, 1.54) is 11.3 Å². The number of aliphatic hydroxyl groups is 1. The Morgan fingerprint density at radius 2 is 1.90 bits per heavy atom. The largest absolute Gasteiger partial charge is 0.503 e. The Balaban J connectivity index is 1.59. The van der Waals surface area contributed by atoms with Crippen LogP contribution in [0.3, 0.4) is 0 Å². The summed E-state index contributed by atoms with van der Waals surface area (Å²) >= 11 is 4.74. The van der Waals surface area contributed by atoms with Gasteiger partial charge in [0.1, 0.15) is 0 Å². The molecule has 1 N–H and O–H groups in total. The molecule has 0 unspecified atom stereocenters. The number of carbonyl (C=O) groups excluding carboxylic acids is 2. The first-order chi connectivity index (χ1) is 14.6. The van der Waals surface area contributed by atoms with Crippen molar-refractivity contribution in [2.24, 2.45) is 0 Å². The predicted octanol–water partition coefficient (Wildman–Crippen LogP) is 3.81. The molecule has 0 radical (unpaired) electrons. The summed E-state index contributed by atoms with van der Waals surface area (Å²) < 4.78 is 6.30. The van der Waals surface area contributed by atoms with Crippen molar-refractivity contribution in [3.8, 4) is 0 Å². The molecule has 0 aliphatic carbocycles. The lowest BCUT2D eigenvalue weighted by Crippen LogP contribution is -2.39. The van der Waals surface area contributed by atoms with E-state index in [1.807, 2.05) is 29.6 Å². The zero-order valence-corrected chi connectivity index (χ0v) is 18.8. The number of aliphatic hydroxyl groups excluding tert-OH is 1. The zero-order chi connectivity index (χ0) is 21.1. The van der Waals surface area contributed by atoms with Crippen LogP contribution in [0, 0.1) is 0 Å². The number of morpholine rings is 1. The molecule has 0 bridgehead atoms. The first-order valence-electron chi connectivity index (χ1n) is 9.94. The van der Waals surface area contributed by atoms with Gasteiger partial charge in [-0.15, -0.1) is 11.3 Å². The molecule has 30 heavy (non-hydrogen) atoms. The lowest BCUT2D eigenvalue weighted by molar-refractivity contribution is -0.129. The van der Waals surface area contributed by atoms with Gasteiger partial charge in [-0.3, -0.25) is 14.5 Å². The maximum Gasteiger partial charge on any atom is 0.290 e. The molecule has 158 valence electrons. The summed E-state index contributed by atoms with van der Waals surface area (Å²) in [5.41, 5.74) is 0.970. The molecule has 1 atom stereocenters. The van der Waals surface area contributed by atoms with Gasteiger partial charge < -0.3 is 14.7 Å². The van der Waals surface area contributed by atoms with Crippen LogP contribution in [0.15, 0.2) is 57.6 Å². The van der Waals surface area contributed by atoms with Crippen LogP contribution >= 0.6 is 27.3 Å². The van der Waals surface area contributed by atoms with Crippen LogP contribution in [-0.2, 0) is 9.53 Å². The van der Waals surface area contributed by atoms with Crippen molar-refractivity contribution in [3.05, 3.63) is 68.0 Å². The van der Waals surface area contributed by atoms with Gasteiger partial charge in [0.25, 0.3) is 5.91 Å². The topological polar surface area (TPSA) is 70.1 Å². The monoisotopic (exact) mass is 490 g/mol. The third-order valence-corrected chi connectivity index (χ3v) is 6.85. The molecular formula is C22H23BrN2O4S. The molecule has 6 nitrogen and oxygen atoms in total. The fourth-order valence-electron chi connectivity index (χ4n) is 3.94. The molecule has 2 aromatic rings. The highest BCUT2D eigenvalue weighted by atomic mass is 79.9. The maximum absolute atomic E-state index is 13.2. The van der Waals surface area contributed by atoms with Gasteiger partial charge in [-0.1, -0.05) is 34.1 Å². The second kappa shape index (κ2) is 9.43. The Bertz CT molecular complexity index is 937. The van der Waals surface area contributed by atoms with Crippen molar-refractivity contribution in [1.82, 2.24) is 9.80 Å². The van der Waals surface area contributed by atoms with E-state index in [4.69, 9.17) is 4.74 Å². The van der Waals surface area contributed by atoms with E-state index in [1.54, 1.807) is 17.0 Å². The van der Waals surface area contributed by atoms with E-state index in [2.05, 4.69) is 20.8 Å². The number of Topliss-reactive ketones (excluding diaryl/α,β-unsaturated/α-hetero) is 1. The fourth-order valence-corrected chi connectivity index (χ4v) is 4.88. The third kappa shape index (κ3) is 4.37. The minimum atomic E-state index is -0.593. The quantitative estimate of drug-likeness (QED) is 0.597. The summed E-state index contributed by atoms with van der Waals surface area (Å²) in [7, 11) is 0. The third-order valence-electron chi connectivity index (χ3n) is 5.46. The van der Waals surface area contributed by atoms with E-state index < -0.39 is 17.7 Å². The number of carbonyl (C=O) groups is 2. The molecular weight excluding hydrogens is 468 g/mol. The normalized spacial score (nSPS) is 20.2. The first kappa shape index (κ1) is 21.2. The Labute approximate surface area is 187 Å². The van der Waals surface area contributed by atoms with Crippen molar-refractivity contribution in [2.75, 3.05) is 39.4 Å². The van der Waals surface area contributed by atoms with Crippen molar-refractivity contribution in [2.45, 2.75) is 12.5 Å². The van der Waals surface area contributed by atoms with Crippen LogP contribution in [0.25, 0.3) is 0 Å². The summed E-state index contributed by atoms with van der Waals surface area (Å²) in [5, 5.41) is 12.5. The lowest BCUT2D eigenvalue weighted by atomic mass is 9.95. The number of ether oxygens (including phenoxy) is 1. The molecule has 0 saturated carbocycles. The number of rotatable bonds is 7. The van der Waals surface area contributed by atoms with Gasteiger partial charge >= 0.3 is 0 Å². The van der Waals surface area contributed by atoms with E-state index >= 15 is 0 Å². The zero-order valence-electron chi connectivity index (χ0n) is 16.4. The SMILES string of the molecule is O=C(C1=C(O)C(=O)N(CCCN2CCOCC2)[C@@H]1c1ccc(Br)cc1)c1cccs1. The van der Waals surface area contributed by atoms with E-state index in [9.17, 15) is 14.7 Å². The van der Waals surface area contributed by atoms with Gasteiger partial charge in [-0.2, -0.15) is 0 Å². The van der Waals surface area contributed by atoms with Crippen molar-refractivity contribution in [3.63, 3.8) is 0 Å². The standard InChI is InChI=1S/C22H23BrN2O4S/c23-16-6-4-15(5-7-16)19-18(20(26)17-3-1-14-30-17)21(27)22(28)25(19)9-2-8-24-10-12-29-13-11-24/h1,3-7,14,19,27H,2,8-13H2/t19-/m1/s1. The molecule has 0 spiro atoms. The number of nitrogens with zero attached hydrogens (tertiary/aromatic N) is 2. The average molecular weight is 491 g/mol. The predicted molar refractivity (Wildman–Crippen MR) is 119 cm³/mol. The molecule has 4 rings (SSSR count). The van der Waals surface area contributed by atoms with Crippen LogP contribution in [-0.4, -0.2) is 66.0 Å². The van der Waals surface area contributed by atoms with Crippen LogP contribution < -0.4 is 0 Å². The minimum Gasteiger partial charge on any atom is -0.503 e. The summed E-state index contributed by atoms with van der Waals surface area (Å²) in [5.74, 6) is -1.21. The van der Waals surface area contributed by atoms with Gasteiger partial charge in [0.05, 0.1) is 29.7 Å². The maximum atomic E-state index is 13.2. The Morgan fingerprint density at radius 1 is 1.17 bits per heavy atom. The number of hydrogen-bond donors (Lipinski definition) is 1. The van der Waals surface area contributed by atoms with E-state index in [0.29, 0.717) is 11.4 Å². The van der Waals surface area contributed by atoms with Crippen molar-refractivity contribution >= 4 is 39.0 Å². The van der Waals surface area contributed by atoms with Crippen LogP contribution in [0.4, 0.5) is 0 Å². The van der Waals surface area contributed by atoms with Crippen LogP contribution in [0.2, 0.25) is 0 Å². The number of benzene rings is 1. The highest BCUT2D eigenvalue weighted by Gasteiger charge is 2.43. The molecule has 1 fully saturated rings. The van der Waals surface area contributed by atoms with Crippen molar-refractivity contribution < 1.29 is 19.4 Å². The second-order valence-electron chi connectivity index (χ2n) is 7.33. The summed E-state index contributed by atoms with van der Waals surface area (Å²) in [6.07, 6.45) is 0.756. The van der Waals surface area contributed by atoms with Gasteiger partial charge in [0.2, 0.25) is 5.78 Å². The van der Waals surface area contributed by atoms with Gasteiger partial charge in [0, 0.05) is 30.7 Å². The highest BCUT2D eigenvalue weighted by Crippen LogP contribution is 2.39. The summed E-state index contributed by atoms with van der Waals surface area (Å²) in [6.45, 7) is 4.53. The Morgan fingerprint density at radius 3 is 2.57 bits per heavy atom. The van der Waals surface area contributed by atoms with Gasteiger partial charge in [-0.25, -0.2) is 0 Å². The van der Waals surface area contributed by atoms with E-state index in [-0.39, 0.29) is 11.4 Å². The molecule has 2 aliphatic rings. The van der Waals surface area contributed by atoms with Crippen LogP contribution in [0.1, 0.15) is 27.7 Å². The number of hydrogen-bond acceptors (Lipinski definition) is 6. The van der Waals surface area contributed by atoms with Crippen molar-refractivity contribution in [1.29, 1.82) is 0 Å². The minimum absolute atomic E-state index is 0.163. The molecule has 1 saturated heterocycles. The Kier molecular flexibility index (Phi) is 6.67. The molecule has 1 aromatic heterocycles. The van der Waals surface area contributed by atoms with Gasteiger partial charge in [0.15, 0.2) is 5.76 Å². The highest BCUT2D eigenvalue weighted by molar-refractivity contribution is 9.10. The van der Waals surface area contributed by atoms with Gasteiger partial charge in [-0.05, 0) is 35.6 Å². The number of thiophene rings is 1. The smallest absolute Gasteiger partial charge is 0.290 e. The summed E-state index contributed by atoms with van der Waals surface area (Å²) in [4.78, 5) is 30.6. The average Bonchev–Trinajstić information content (AvgIpc) is 3.38. The first-order valence-corrected chi connectivity index (χ1v) is 11.6. The number of ketones is 1. The molecule has 2 aliphatic heterocycles. The lowest BCUT2D eigenvalue weighted by Gasteiger charge is -2.30. The molecule has 3 heterocycles. The molecule has 8 heteroatoms. The number of halogens is 1. The van der Waals surface area contributed by atoms with E-state index in [0.717, 1.165) is 49.3 Å². The summed E-state index contributed by atoms with van der Waals surface area (Å²) in [6, 6.07) is 10.5. The molecule has 1 amide bonds. The Hall–Kier alpha value is -2.00. The second-order valence-corrected chi connectivity index (χ2v) is 9.19. The van der Waals surface area contributed by atoms with Crippen LogP contribution in [0.5, 0.6) is 0 Å². The fraction of sp³-hybridized carbons (Fsp3) is 0.364. The number of amides is 1. The molecule has 1 aromatic carbocycles.